The highest BCUT2D eigenvalue weighted by molar-refractivity contribution is 7.99. The van der Waals surface area contributed by atoms with E-state index in [1.165, 1.54) is 11.8 Å². The number of nitrogens with zero attached hydrogens (tertiary/aromatic N) is 5. The first-order chi connectivity index (χ1) is 11.1. The Morgan fingerprint density at radius 1 is 1.22 bits per heavy atom. The SMILES string of the molecule is Cc1cc(C)nc(SCC(=O)Nc2nonc2-n2cccc2)n1. The second-order valence-corrected chi connectivity index (χ2v) is 5.74. The van der Waals surface area contributed by atoms with E-state index in [4.69, 9.17) is 4.63 Å². The van der Waals surface area contributed by atoms with Crippen LogP contribution in [0.25, 0.3) is 5.82 Å². The van der Waals surface area contributed by atoms with E-state index in [0.717, 1.165) is 11.4 Å². The highest BCUT2D eigenvalue weighted by Gasteiger charge is 2.15. The minimum atomic E-state index is -0.234. The van der Waals surface area contributed by atoms with Gasteiger partial charge < -0.3 is 9.88 Å². The summed E-state index contributed by atoms with van der Waals surface area (Å²) >= 11 is 1.26. The number of rotatable bonds is 5. The molecule has 23 heavy (non-hydrogen) atoms. The Morgan fingerprint density at radius 3 is 2.61 bits per heavy atom. The van der Waals surface area contributed by atoms with Crippen LogP contribution in [0.15, 0.2) is 40.4 Å². The van der Waals surface area contributed by atoms with Gasteiger partial charge in [-0.1, -0.05) is 11.8 Å². The number of thioether (sulfide) groups is 1. The molecule has 3 heterocycles. The predicted molar refractivity (Wildman–Crippen MR) is 84.5 cm³/mol. The van der Waals surface area contributed by atoms with Crippen LogP contribution in [0.4, 0.5) is 5.82 Å². The first-order valence-corrected chi connectivity index (χ1v) is 7.81. The van der Waals surface area contributed by atoms with Gasteiger partial charge >= 0.3 is 0 Å². The molecule has 3 aromatic rings. The Morgan fingerprint density at radius 2 is 1.91 bits per heavy atom. The van der Waals surface area contributed by atoms with Gasteiger partial charge in [0.25, 0.3) is 0 Å². The van der Waals surface area contributed by atoms with Crippen LogP contribution in [0, 0.1) is 13.8 Å². The molecule has 0 bridgehead atoms. The van der Waals surface area contributed by atoms with E-state index in [2.05, 4.69) is 25.6 Å². The van der Waals surface area contributed by atoms with E-state index < -0.39 is 0 Å². The molecular formula is C14H14N6O2S. The monoisotopic (exact) mass is 330 g/mol. The molecule has 0 radical (unpaired) electrons. The Balaban J connectivity index is 1.63. The second kappa shape index (κ2) is 6.61. The molecule has 0 unspecified atom stereocenters. The molecule has 0 aromatic carbocycles. The normalized spacial score (nSPS) is 10.7. The van der Waals surface area contributed by atoms with Crippen LogP contribution < -0.4 is 5.32 Å². The number of aromatic nitrogens is 5. The van der Waals surface area contributed by atoms with Gasteiger partial charge in [0, 0.05) is 23.8 Å². The maximum Gasteiger partial charge on any atom is 0.236 e. The lowest BCUT2D eigenvalue weighted by Gasteiger charge is -2.04. The first-order valence-electron chi connectivity index (χ1n) is 6.82. The van der Waals surface area contributed by atoms with E-state index in [1.807, 2.05) is 32.0 Å². The van der Waals surface area contributed by atoms with E-state index in [1.54, 1.807) is 17.0 Å². The van der Waals surface area contributed by atoms with Crippen LogP contribution in [0.2, 0.25) is 0 Å². The van der Waals surface area contributed by atoms with Crippen LogP contribution >= 0.6 is 11.8 Å². The Labute approximate surface area is 136 Å². The van der Waals surface area contributed by atoms with Gasteiger partial charge in [-0.25, -0.2) is 14.6 Å². The van der Waals surface area contributed by atoms with Crippen molar-refractivity contribution in [2.75, 3.05) is 11.1 Å². The zero-order valence-corrected chi connectivity index (χ0v) is 13.4. The minimum Gasteiger partial charge on any atom is -0.304 e. The molecule has 3 aromatic heterocycles. The Bertz CT molecular complexity index is 794. The molecule has 3 rings (SSSR count). The number of hydrogen-bond donors (Lipinski definition) is 1. The fraction of sp³-hybridized carbons (Fsp3) is 0.214. The molecule has 0 saturated heterocycles. The van der Waals surface area contributed by atoms with Crippen molar-refractivity contribution in [2.45, 2.75) is 19.0 Å². The number of carbonyl (C=O) groups excluding carboxylic acids is 1. The third-order valence-electron chi connectivity index (χ3n) is 2.87. The average molecular weight is 330 g/mol. The Hall–Kier alpha value is -2.68. The number of nitrogens with one attached hydrogen (secondary N) is 1. The van der Waals surface area contributed by atoms with Crippen LogP contribution in [0.5, 0.6) is 0 Å². The van der Waals surface area contributed by atoms with Gasteiger partial charge in [0.1, 0.15) is 0 Å². The summed E-state index contributed by atoms with van der Waals surface area (Å²) in [4.78, 5) is 20.6. The third kappa shape index (κ3) is 3.75. The summed E-state index contributed by atoms with van der Waals surface area (Å²) in [6, 6.07) is 5.57. The van der Waals surface area contributed by atoms with Crippen molar-refractivity contribution in [3.8, 4) is 5.82 Å². The molecule has 8 nitrogen and oxygen atoms in total. The minimum absolute atomic E-state index is 0.168. The average Bonchev–Trinajstić information content (AvgIpc) is 3.14. The van der Waals surface area contributed by atoms with Crippen molar-refractivity contribution in [2.24, 2.45) is 0 Å². The number of hydrogen-bond acceptors (Lipinski definition) is 7. The van der Waals surface area contributed by atoms with Crippen LogP contribution in [-0.4, -0.2) is 36.5 Å². The molecule has 0 aliphatic heterocycles. The lowest BCUT2D eigenvalue weighted by molar-refractivity contribution is -0.113. The summed E-state index contributed by atoms with van der Waals surface area (Å²) in [6.45, 7) is 3.78. The molecule has 9 heteroatoms. The molecule has 0 aliphatic rings. The summed E-state index contributed by atoms with van der Waals surface area (Å²) in [5.41, 5.74) is 1.74. The van der Waals surface area contributed by atoms with Crippen molar-refractivity contribution in [1.82, 2.24) is 24.8 Å². The van der Waals surface area contributed by atoms with Crippen LogP contribution in [-0.2, 0) is 4.79 Å². The van der Waals surface area contributed by atoms with Crippen molar-refractivity contribution in [1.29, 1.82) is 0 Å². The summed E-state index contributed by atoms with van der Waals surface area (Å²) in [7, 11) is 0. The van der Waals surface area contributed by atoms with Gasteiger partial charge in [0.15, 0.2) is 5.16 Å². The smallest absolute Gasteiger partial charge is 0.236 e. The number of amides is 1. The highest BCUT2D eigenvalue weighted by atomic mass is 32.2. The summed E-state index contributed by atoms with van der Waals surface area (Å²) in [5, 5.41) is 10.7. The molecule has 1 amide bonds. The van der Waals surface area contributed by atoms with Gasteiger partial charge in [-0.05, 0) is 42.4 Å². The fourth-order valence-electron chi connectivity index (χ4n) is 1.96. The van der Waals surface area contributed by atoms with Crippen LogP contribution in [0.3, 0.4) is 0 Å². The molecule has 118 valence electrons. The number of carbonyl (C=O) groups is 1. The zero-order valence-electron chi connectivity index (χ0n) is 12.6. The van der Waals surface area contributed by atoms with Crippen molar-refractivity contribution >= 4 is 23.5 Å². The van der Waals surface area contributed by atoms with Gasteiger partial charge in [-0.15, -0.1) is 0 Å². The van der Waals surface area contributed by atoms with Crippen molar-refractivity contribution < 1.29 is 9.42 Å². The lowest BCUT2D eigenvalue weighted by atomic mass is 10.4. The van der Waals surface area contributed by atoms with Gasteiger partial charge in [0.05, 0.1) is 5.75 Å². The summed E-state index contributed by atoms with van der Waals surface area (Å²) in [6.07, 6.45) is 3.57. The maximum absolute atomic E-state index is 12.1. The predicted octanol–water partition coefficient (Wildman–Crippen LogP) is 2.00. The molecular weight excluding hydrogens is 316 g/mol. The molecule has 0 spiro atoms. The maximum atomic E-state index is 12.1. The topological polar surface area (TPSA) is 98.7 Å². The van der Waals surface area contributed by atoms with Gasteiger partial charge in [0.2, 0.25) is 17.5 Å². The van der Waals surface area contributed by atoms with E-state index in [0.29, 0.717) is 11.0 Å². The largest absolute Gasteiger partial charge is 0.304 e. The lowest BCUT2D eigenvalue weighted by Crippen LogP contribution is -2.16. The quantitative estimate of drug-likeness (QED) is 0.564. The summed E-state index contributed by atoms with van der Waals surface area (Å²) in [5.74, 6) is 0.631. The van der Waals surface area contributed by atoms with Crippen molar-refractivity contribution in [3.05, 3.63) is 42.0 Å². The van der Waals surface area contributed by atoms with E-state index in [9.17, 15) is 4.79 Å². The Kier molecular flexibility index (Phi) is 4.38. The fourth-order valence-corrected chi connectivity index (χ4v) is 2.71. The molecule has 0 atom stereocenters. The zero-order chi connectivity index (χ0) is 16.2. The number of aryl methyl sites for hydroxylation is 2. The van der Waals surface area contributed by atoms with Gasteiger partial charge in [-0.2, -0.15) is 0 Å². The first kappa shape index (κ1) is 15.2. The van der Waals surface area contributed by atoms with Gasteiger partial charge in [-0.3, -0.25) is 4.79 Å². The van der Waals surface area contributed by atoms with E-state index >= 15 is 0 Å². The molecule has 0 fully saturated rings. The summed E-state index contributed by atoms with van der Waals surface area (Å²) < 4.78 is 6.40. The molecule has 1 N–H and O–H groups in total. The third-order valence-corrected chi connectivity index (χ3v) is 3.72. The van der Waals surface area contributed by atoms with Crippen LogP contribution in [0.1, 0.15) is 11.4 Å². The van der Waals surface area contributed by atoms with Crippen molar-refractivity contribution in [3.63, 3.8) is 0 Å². The number of anilines is 1. The molecule has 0 saturated carbocycles. The molecule has 0 aliphatic carbocycles. The standard InChI is InChI=1S/C14H14N6O2S/c1-9-7-10(2)16-14(15-9)23-8-11(21)17-12-13(19-22-18-12)20-5-3-4-6-20/h3-7H,8H2,1-2H3,(H,17,18,21). The van der Waals surface area contributed by atoms with E-state index in [-0.39, 0.29) is 17.5 Å². The second-order valence-electron chi connectivity index (χ2n) is 4.80. The highest BCUT2D eigenvalue weighted by Crippen LogP contribution is 2.17.